The van der Waals surface area contributed by atoms with Crippen molar-refractivity contribution in [3.63, 3.8) is 0 Å². The van der Waals surface area contributed by atoms with Gasteiger partial charge in [-0.1, -0.05) is 42.2 Å². The van der Waals surface area contributed by atoms with Crippen LogP contribution in [0.15, 0.2) is 24.3 Å². The lowest BCUT2D eigenvalue weighted by molar-refractivity contribution is 0.628. The molecule has 3 heteroatoms. The fraction of sp³-hybridized carbons (Fsp3) is 0.455. The highest BCUT2D eigenvalue weighted by atomic mass is 35.5. The van der Waals surface area contributed by atoms with Crippen molar-refractivity contribution in [2.24, 2.45) is 0 Å². The summed E-state index contributed by atoms with van der Waals surface area (Å²) in [5, 5.41) is 1.34. The molecule has 0 aliphatic carbocycles. The van der Waals surface area contributed by atoms with Gasteiger partial charge in [-0.05, 0) is 12.1 Å². The second-order valence-corrected chi connectivity index (χ2v) is 9.34. The molecule has 0 unspecified atom stereocenters. The zero-order chi connectivity index (χ0) is 10.0. The molecule has 0 atom stereocenters. The highest BCUT2D eigenvalue weighted by Crippen LogP contribution is 2.30. The van der Waals surface area contributed by atoms with Gasteiger partial charge in [0.2, 0.25) is 0 Å². The van der Waals surface area contributed by atoms with Crippen LogP contribution in [0.2, 0.25) is 12.1 Å². The Bertz CT molecular complexity index is 304. The van der Waals surface area contributed by atoms with Crippen LogP contribution in [0.3, 0.4) is 0 Å². The molecule has 0 aromatic heterocycles. The summed E-state index contributed by atoms with van der Waals surface area (Å²) in [6.07, 6.45) is 2.60. The third-order valence-electron chi connectivity index (χ3n) is 3.27. The summed E-state index contributed by atoms with van der Waals surface area (Å²) in [6, 6.07) is 9.57. The second kappa shape index (κ2) is 4.03. The molecule has 1 fully saturated rings. The first-order valence-corrected chi connectivity index (χ1v) is 8.24. The molecule has 0 N–H and O–H groups in total. The number of hydrogen-bond donors (Lipinski definition) is 0. The normalized spacial score (nSPS) is 19.9. The fourth-order valence-electron chi connectivity index (χ4n) is 2.35. The van der Waals surface area contributed by atoms with Crippen LogP contribution in [0.5, 0.6) is 0 Å². The van der Waals surface area contributed by atoms with Gasteiger partial charge in [0.15, 0.2) is 0 Å². The van der Waals surface area contributed by atoms with Crippen LogP contribution in [0.4, 0.5) is 4.39 Å². The first-order valence-electron chi connectivity index (χ1n) is 5.09. The quantitative estimate of drug-likeness (QED) is 0.539. The molecule has 1 aromatic carbocycles. The van der Waals surface area contributed by atoms with Crippen LogP contribution < -0.4 is 5.19 Å². The van der Waals surface area contributed by atoms with Crippen LogP contribution in [-0.4, -0.2) is 13.6 Å². The summed E-state index contributed by atoms with van der Waals surface area (Å²) < 4.78 is 12.8. The Labute approximate surface area is 90.1 Å². The fourth-order valence-corrected chi connectivity index (χ4v) is 7.60. The SMILES string of the molecule is Fc1ccc([Si]2(CCl)CCCC2)cc1. The molecule has 1 aromatic rings. The molecule has 1 aliphatic rings. The molecule has 0 radical (unpaired) electrons. The monoisotopic (exact) mass is 228 g/mol. The van der Waals surface area contributed by atoms with Crippen LogP contribution in [0.1, 0.15) is 12.8 Å². The van der Waals surface area contributed by atoms with Crippen LogP contribution in [-0.2, 0) is 0 Å². The zero-order valence-corrected chi connectivity index (χ0v) is 9.86. The Morgan fingerprint density at radius 3 is 2.21 bits per heavy atom. The Morgan fingerprint density at radius 2 is 1.71 bits per heavy atom. The van der Waals surface area contributed by atoms with E-state index < -0.39 is 8.07 Å². The van der Waals surface area contributed by atoms with Crippen molar-refractivity contribution in [3.8, 4) is 0 Å². The molecule has 1 saturated heterocycles. The number of halogens is 2. The van der Waals surface area contributed by atoms with Gasteiger partial charge >= 0.3 is 0 Å². The molecule has 14 heavy (non-hydrogen) atoms. The molecular weight excluding hydrogens is 215 g/mol. The van der Waals surface area contributed by atoms with Gasteiger partial charge in [0.05, 0.1) is 0 Å². The minimum atomic E-state index is -1.41. The predicted octanol–water partition coefficient (Wildman–Crippen LogP) is 3.05. The molecule has 2 rings (SSSR count). The lowest BCUT2D eigenvalue weighted by Gasteiger charge is -2.24. The van der Waals surface area contributed by atoms with E-state index in [2.05, 4.69) is 0 Å². The van der Waals surface area contributed by atoms with E-state index in [0.29, 0.717) is 0 Å². The predicted molar refractivity (Wildman–Crippen MR) is 61.4 cm³/mol. The average Bonchev–Trinajstić information content (AvgIpc) is 2.68. The summed E-state index contributed by atoms with van der Waals surface area (Å²) in [5.74, 6) is -0.148. The van der Waals surface area contributed by atoms with E-state index in [-0.39, 0.29) is 5.82 Å². The Kier molecular flexibility index (Phi) is 2.93. The Morgan fingerprint density at radius 1 is 1.14 bits per heavy atom. The molecule has 0 nitrogen and oxygen atoms in total. The minimum Gasteiger partial charge on any atom is -0.207 e. The lowest BCUT2D eigenvalue weighted by atomic mass is 10.3. The molecule has 0 amide bonds. The van der Waals surface area contributed by atoms with Crippen molar-refractivity contribution in [2.75, 3.05) is 5.50 Å². The second-order valence-electron chi connectivity index (χ2n) is 4.13. The third kappa shape index (κ3) is 1.73. The van der Waals surface area contributed by atoms with E-state index >= 15 is 0 Å². The van der Waals surface area contributed by atoms with E-state index in [0.717, 1.165) is 5.50 Å². The van der Waals surface area contributed by atoms with E-state index in [4.69, 9.17) is 11.6 Å². The third-order valence-corrected chi connectivity index (χ3v) is 9.50. The van der Waals surface area contributed by atoms with Crippen molar-refractivity contribution in [1.82, 2.24) is 0 Å². The zero-order valence-electron chi connectivity index (χ0n) is 8.10. The van der Waals surface area contributed by atoms with Gasteiger partial charge in [-0.2, -0.15) is 0 Å². The Hall–Kier alpha value is -0.343. The minimum absolute atomic E-state index is 0.148. The topological polar surface area (TPSA) is 0 Å². The van der Waals surface area contributed by atoms with E-state index in [1.165, 1.54) is 30.1 Å². The Balaban J connectivity index is 2.31. The van der Waals surface area contributed by atoms with Gasteiger partial charge in [0.1, 0.15) is 13.9 Å². The molecule has 76 valence electrons. The first-order chi connectivity index (χ1) is 6.77. The van der Waals surface area contributed by atoms with Crippen molar-refractivity contribution in [3.05, 3.63) is 30.1 Å². The van der Waals surface area contributed by atoms with Crippen molar-refractivity contribution < 1.29 is 4.39 Å². The maximum Gasteiger partial charge on any atom is 0.123 e. The highest BCUT2D eigenvalue weighted by molar-refractivity contribution is 6.96. The summed E-state index contributed by atoms with van der Waals surface area (Å²) in [4.78, 5) is 0. The highest BCUT2D eigenvalue weighted by Gasteiger charge is 2.37. The first kappa shape index (κ1) is 10.2. The summed E-state index contributed by atoms with van der Waals surface area (Å²) in [5.41, 5.74) is 0.790. The van der Waals surface area contributed by atoms with E-state index in [9.17, 15) is 4.39 Å². The van der Waals surface area contributed by atoms with Crippen LogP contribution >= 0.6 is 11.6 Å². The molecular formula is C11H14ClFSi. The van der Waals surface area contributed by atoms with Crippen LogP contribution in [0.25, 0.3) is 0 Å². The van der Waals surface area contributed by atoms with Gasteiger partial charge in [-0.3, -0.25) is 0 Å². The standard InChI is InChI=1S/C11H14ClFSi/c12-9-14(7-1-2-8-14)11-5-3-10(13)4-6-11/h3-6H,1-2,7-9H2. The van der Waals surface area contributed by atoms with Gasteiger partial charge in [0.25, 0.3) is 0 Å². The number of alkyl halides is 1. The maximum atomic E-state index is 12.8. The molecule has 0 spiro atoms. The number of benzene rings is 1. The van der Waals surface area contributed by atoms with Crippen LogP contribution in [0, 0.1) is 5.82 Å². The summed E-state index contributed by atoms with van der Waals surface area (Å²) in [7, 11) is -1.41. The molecule has 0 saturated carbocycles. The van der Waals surface area contributed by atoms with Gasteiger partial charge in [0, 0.05) is 5.50 Å². The maximum absolute atomic E-state index is 12.8. The molecule has 1 aliphatic heterocycles. The van der Waals surface area contributed by atoms with E-state index in [1.807, 2.05) is 12.1 Å². The van der Waals surface area contributed by atoms with Crippen molar-refractivity contribution >= 4 is 24.9 Å². The van der Waals surface area contributed by atoms with Gasteiger partial charge < -0.3 is 0 Å². The average molecular weight is 229 g/mol. The number of rotatable bonds is 2. The van der Waals surface area contributed by atoms with E-state index in [1.54, 1.807) is 12.1 Å². The largest absolute Gasteiger partial charge is 0.207 e. The molecule has 1 heterocycles. The smallest absolute Gasteiger partial charge is 0.123 e. The van der Waals surface area contributed by atoms with Gasteiger partial charge in [-0.15, -0.1) is 11.6 Å². The summed E-state index contributed by atoms with van der Waals surface area (Å²) >= 11 is 6.11. The van der Waals surface area contributed by atoms with Crippen molar-refractivity contribution in [2.45, 2.75) is 24.9 Å². The summed E-state index contributed by atoms with van der Waals surface area (Å²) in [6.45, 7) is 0. The lowest BCUT2D eigenvalue weighted by Crippen LogP contribution is -2.47. The van der Waals surface area contributed by atoms with Crippen molar-refractivity contribution in [1.29, 1.82) is 0 Å². The number of hydrogen-bond acceptors (Lipinski definition) is 0. The van der Waals surface area contributed by atoms with Gasteiger partial charge in [-0.25, -0.2) is 4.39 Å². The molecule has 0 bridgehead atoms.